The number of aromatic nitrogens is 1. The standard InChI is InChI=1S/C17H31N5S.HI/c1-14-12-20-15(23-14)8-9-19-16(18-4)21-13-17(2,3)22-10-6-5-7-11-22;/h12H,5-11,13H2,1-4H3,(H2,18,19,21);1H. The molecule has 5 nitrogen and oxygen atoms in total. The lowest BCUT2D eigenvalue weighted by atomic mass is 9.98. The van der Waals surface area contributed by atoms with Crippen molar-refractivity contribution in [3.63, 3.8) is 0 Å². The number of halogens is 1. The number of thiazole rings is 1. The molecule has 0 unspecified atom stereocenters. The van der Waals surface area contributed by atoms with E-state index < -0.39 is 0 Å². The van der Waals surface area contributed by atoms with E-state index >= 15 is 0 Å². The van der Waals surface area contributed by atoms with Crippen molar-refractivity contribution in [2.75, 3.05) is 33.2 Å². The fourth-order valence-electron chi connectivity index (χ4n) is 2.94. The van der Waals surface area contributed by atoms with Gasteiger partial charge in [0.1, 0.15) is 0 Å². The molecule has 0 aliphatic carbocycles. The molecule has 24 heavy (non-hydrogen) atoms. The van der Waals surface area contributed by atoms with Crippen LogP contribution in [-0.4, -0.2) is 54.6 Å². The Hall–Kier alpha value is -0.410. The number of nitrogens with zero attached hydrogens (tertiary/aromatic N) is 3. The minimum Gasteiger partial charge on any atom is -0.356 e. The Balaban J connectivity index is 0.00000288. The predicted octanol–water partition coefficient (Wildman–Crippen LogP) is 3.04. The van der Waals surface area contributed by atoms with Gasteiger partial charge in [0, 0.05) is 43.2 Å². The topological polar surface area (TPSA) is 52.6 Å². The van der Waals surface area contributed by atoms with Gasteiger partial charge in [-0.15, -0.1) is 35.3 Å². The van der Waals surface area contributed by atoms with Gasteiger partial charge in [0.2, 0.25) is 0 Å². The Bertz CT molecular complexity index is 509. The van der Waals surface area contributed by atoms with Gasteiger partial charge < -0.3 is 10.6 Å². The third-order valence-corrected chi connectivity index (χ3v) is 5.40. The first-order valence-corrected chi connectivity index (χ1v) is 9.44. The van der Waals surface area contributed by atoms with Crippen molar-refractivity contribution >= 4 is 41.3 Å². The molecule has 0 aromatic carbocycles. The largest absolute Gasteiger partial charge is 0.356 e. The van der Waals surface area contributed by atoms with Crippen molar-refractivity contribution in [1.29, 1.82) is 0 Å². The summed E-state index contributed by atoms with van der Waals surface area (Å²) < 4.78 is 0. The smallest absolute Gasteiger partial charge is 0.191 e. The van der Waals surface area contributed by atoms with Crippen molar-refractivity contribution in [1.82, 2.24) is 20.5 Å². The Morgan fingerprint density at radius 2 is 2.00 bits per heavy atom. The highest BCUT2D eigenvalue weighted by molar-refractivity contribution is 14.0. The normalized spacial score (nSPS) is 16.6. The summed E-state index contributed by atoms with van der Waals surface area (Å²) >= 11 is 1.77. The maximum atomic E-state index is 4.40. The lowest BCUT2D eigenvalue weighted by Crippen LogP contribution is -2.55. The van der Waals surface area contributed by atoms with Gasteiger partial charge in [-0.2, -0.15) is 0 Å². The highest BCUT2D eigenvalue weighted by Crippen LogP contribution is 2.19. The van der Waals surface area contributed by atoms with E-state index in [0.717, 1.165) is 25.5 Å². The summed E-state index contributed by atoms with van der Waals surface area (Å²) in [6.07, 6.45) is 6.90. The number of hydrogen-bond donors (Lipinski definition) is 2. The fraction of sp³-hybridized carbons (Fsp3) is 0.765. The summed E-state index contributed by atoms with van der Waals surface area (Å²) in [5, 5.41) is 8.05. The first-order valence-electron chi connectivity index (χ1n) is 8.62. The molecule has 0 spiro atoms. The minimum absolute atomic E-state index is 0. The zero-order valence-electron chi connectivity index (χ0n) is 15.4. The van der Waals surface area contributed by atoms with Gasteiger partial charge in [-0.3, -0.25) is 9.89 Å². The molecule has 1 saturated heterocycles. The van der Waals surface area contributed by atoms with Crippen LogP contribution in [0.4, 0.5) is 0 Å². The molecule has 0 bridgehead atoms. The quantitative estimate of drug-likeness (QED) is 0.385. The summed E-state index contributed by atoms with van der Waals surface area (Å²) in [7, 11) is 1.83. The van der Waals surface area contributed by atoms with E-state index in [2.05, 4.69) is 46.3 Å². The van der Waals surface area contributed by atoms with Crippen LogP contribution in [0, 0.1) is 6.92 Å². The lowest BCUT2D eigenvalue weighted by molar-refractivity contribution is 0.0982. The van der Waals surface area contributed by atoms with E-state index in [0.29, 0.717) is 0 Å². The van der Waals surface area contributed by atoms with Crippen LogP contribution in [0.1, 0.15) is 43.0 Å². The SMILES string of the molecule is CN=C(NCCc1ncc(C)s1)NCC(C)(C)N1CCCCC1.I. The van der Waals surface area contributed by atoms with Gasteiger partial charge in [-0.05, 0) is 46.7 Å². The van der Waals surface area contributed by atoms with Crippen LogP contribution >= 0.6 is 35.3 Å². The number of piperidine rings is 1. The molecular weight excluding hydrogens is 433 g/mol. The molecule has 2 heterocycles. The molecule has 1 aliphatic rings. The second-order valence-electron chi connectivity index (χ2n) is 6.83. The molecule has 0 saturated carbocycles. The Morgan fingerprint density at radius 1 is 1.29 bits per heavy atom. The van der Waals surface area contributed by atoms with E-state index in [9.17, 15) is 0 Å². The highest BCUT2D eigenvalue weighted by atomic mass is 127. The van der Waals surface area contributed by atoms with Crippen LogP contribution < -0.4 is 10.6 Å². The van der Waals surface area contributed by atoms with Gasteiger partial charge in [-0.1, -0.05) is 6.42 Å². The van der Waals surface area contributed by atoms with E-state index in [4.69, 9.17) is 0 Å². The fourth-order valence-corrected chi connectivity index (χ4v) is 3.72. The number of likely N-dealkylation sites (tertiary alicyclic amines) is 1. The highest BCUT2D eigenvalue weighted by Gasteiger charge is 2.27. The van der Waals surface area contributed by atoms with Gasteiger partial charge >= 0.3 is 0 Å². The van der Waals surface area contributed by atoms with Crippen LogP contribution in [0.25, 0.3) is 0 Å². The first-order chi connectivity index (χ1) is 11.0. The van der Waals surface area contributed by atoms with Gasteiger partial charge in [0.25, 0.3) is 0 Å². The third kappa shape index (κ3) is 6.84. The number of guanidine groups is 1. The zero-order valence-corrected chi connectivity index (χ0v) is 18.5. The first kappa shape index (κ1) is 21.6. The summed E-state index contributed by atoms with van der Waals surface area (Å²) in [5.74, 6) is 0.878. The van der Waals surface area contributed by atoms with Crippen molar-refractivity contribution in [2.24, 2.45) is 4.99 Å². The molecule has 0 atom stereocenters. The molecule has 138 valence electrons. The maximum absolute atomic E-state index is 4.40. The average Bonchev–Trinajstić information content (AvgIpc) is 2.97. The van der Waals surface area contributed by atoms with Gasteiger partial charge in [0.05, 0.1) is 5.01 Å². The number of rotatable bonds is 6. The van der Waals surface area contributed by atoms with Crippen molar-refractivity contribution in [3.05, 3.63) is 16.1 Å². The summed E-state index contributed by atoms with van der Waals surface area (Å²) in [6, 6.07) is 0. The zero-order chi connectivity index (χ0) is 16.7. The molecule has 7 heteroatoms. The van der Waals surface area contributed by atoms with Gasteiger partial charge in [0.15, 0.2) is 5.96 Å². The van der Waals surface area contributed by atoms with Gasteiger partial charge in [-0.25, -0.2) is 4.98 Å². The van der Waals surface area contributed by atoms with Crippen molar-refractivity contribution < 1.29 is 0 Å². The Kier molecular flexibility index (Phi) is 9.51. The second-order valence-corrected chi connectivity index (χ2v) is 8.15. The lowest BCUT2D eigenvalue weighted by Gasteiger charge is -2.41. The number of hydrogen-bond acceptors (Lipinski definition) is 4. The molecule has 2 N–H and O–H groups in total. The van der Waals surface area contributed by atoms with Crippen LogP contribution in [0.15, 0.2) is 11.2 Å². The molecule has 0 amide bonds. The monoisotopic (exact) mass is 465 g/mol. The third-order valence-electron chi connectivity index (χ3n) is 4.42. The second kappa shape index (κ2) is 10.6. The van der Waals surface area contributed by atoms with Crippen LogP contribution in [0.2, 0.25) is 0 Å². The minimum atomic E-state index is 0. The Morgan fingerprint density at radius 3 is 2.58 bits per heavy atom. The molecule has 0 radical (unpaired) electrons. The summed E-state index contributed by atoms with van der Waals surface area (Å²) in [4.78, 5) is 12.6. The Labute approximate surface area is 167 Å². The number of nitrogens with one attached hydrogen (secondary N) is 2. The van der Waals surface area contributed by atoms with Crippen LogP contribution in [0.3, 0.4) is 0 Å². The summed E-state index contributed by atoms with van der Waals surface area (Å²) in [5.41, 5.74) is 0.157. The van der Waals surface area contributed by atoms with Crippen LogP contribution in [0.5, 0.6) is 0 Å². The molecule has 1 aromatic heterocycles. The number of aryl methyl sites for hydroxylation is 1. The molecule has 1 fully saturated rings. The van der Waals surface area contributed by atoms with E-state index in [1.165, 1.54) is 42.2 Å². The average molecular weight is 465 g/mol. The van der Waals surface area contributed by atoms with E-state index in [1.807, 2.05) is 13.2 Å². The van der Waals surface area contributed by atoms with Crippen molar-refractivity contribution in [3.8, 4) is 0 Å². The molecule has 1 aromatic rings. The predicted molar refractivity (Wildman–Crippen MR) is 115 cm³/mol. The summed E-state index contributed by atoms with van der Waals surface area (Å²) in [6.45, 7) is 10.9. The maximum Gasteiger partial charge on any atom is 0.191 e. The molecular formula is C17H32IN5S. The van der Waals surface area contributed by atoms with Crippen molar-refractivity contribution in [2.45, 2.75) is 52.0 Å². The number of aliphatic imine (C=N–C) groups is 1. The molecule has 1 aliphatic heterocycles. The van der Waals surface area contributed by atoms with Crippen LogP contribution in [-0.2, 0) is 6.42 Å². The van der Waals surface area contributed by atoms with E-state index in [1.54, 1.807) is 11.3 Å². The molecule has 2 rings (SSSR count). The van der Waals surface area contributed by atoms with E-state index in [-0.39, 0.29) is 29.5 Å².